The van der Waals surface area contributed by atoms with Crippen LogP contribution < -0.4 is 0 Å². The van der Waals surface area contributed by atoms with E-state index in [9.17, 15) is 30.2 Å². The minimum atomic E-state index is -1.51. The Kier molecular flexibility index (Phi) is 5.53. The van der Waals surface area contributed by atoms with Crippen LogP contribution in [-0.2, 0) is 12.1 Å². The Bertz CT molecular complexity index is 1480. The molecule has 1 amide bonds. The molecule has 0 aliphatic carbocycles. The molecule has 1 heterocycles. The molecule has 4 aromatic rings. The number of carbonyl (C=O) groups is 1. The Morgan fingerprint density at radius 1 is 0.889 bits per heavy atom. The van der Waals surface area contributed by atoms with Crippen molar-refractivity contribution < 1.29 is 25.0 Å². The highest BCUT2D eigenvalue weighted by Gasteiger charge is 2.54. The van der Waals surface area contributed by atoms with Crippen molar-refractivity contribution in [2.24, 2.45) is 0 Å². The predicted octanol–water partition coefficient (Wildman–Crippen LogP) is 5.31. The third-order valence-corrected chi connectivity index (χ3v) is 6.64. The van der Waals surface area contributed by atoms with Crippen LogP contribution in [0.2, 0.25) is 5.02 Å². The molecule has 3 N–H and O–H groups in total. The highest BCUT2D eigenvalue weighted by molar-refractivity contribution is 6.30. The fourth-order valence-electron chi connectivity index (χ4n) is 4.91. The van der Waals surface area contributed by atoms with Gasteiger partial charge in [0.1, 0.15) is 22.8 Å². The summed E-state index contributed by atoms with van der Waals surface area (Å²) in [6.07, 6.45) is 0. The first-order valence-corrected chi connectivity index (χ1v) is 11.3. The number of rotatable bonds is 5. The average Bonchev–Trinajstić information content (AvgIpc) is 3.08. The first kappa shape index (κ1) is 23.2. The van der Waals surface area contributed by atoms with Crippen molar-refractivity contribution >= 4 is 23.2 Å². The van der Waals surface area contributed by atoms with E-state index in [-0.39, 0.29) is 29.5 Å². The lowest BCUT2D eigenvalue weighted by Crippen LogP contribution is -2.45. The number of non-ortho nitro benzene ring substituents is 1. The van der Waals surface area contributed by atoms with E-state index >= 15 is 0 Å². The first-order chi connectivity index (χ1) is 17.2. The van der Waals surface area contributed by atoms with E-state index < -0.39 is 22.0 Å². The van der Waals surface area contributed by atoms with Gasteiger partial charge in [0.25, 0.3) is 11.6 Å². The summed E-state index contributed by atoms with van der Waals surface area (Å²) in [5.74, 6) is -1.55. The van der Waals surface area contributed by atoms with Crippen molar-refractivity contribution in [3.05, 3.63) is 128 Å². The zero-order valence-corrected chi connectivity index (χ0v) is 19.4. The summed E-state index contributed by atoms with van der Waals surface area (Å²) >= 11 is 6.16. The van der Waals surface area contributed by atoms with Gasteiger partial charge in [0, 0.05) is 41.4 Å². The molecule has 9 heteroatoms. The summed E-state index contributed by atoms with van der Waals surface area (Å²) in [6.45, 7) is -0.00606. The largest absolute Gasteiger partial charge is 0.508 e. The smallest absolute Gasteiger partial charge is 0.269 e. The Morgan fingerprint density at radius 3 is 2.11 bits per heavy atom. The maximum Gasteiger partial charge on any atom is 0.269 e. The number of hydrogen-bond acceptors (Lipinski definition) is 6. The Labute approximate surface area is 210 Å². The van der Waals surface area contributed by atoms with Gasteiger partial charge >= 0.3 is 0 Å². The molecule has 8 nitrogen and oxygen atoms in total. The summed E-state index contributed by atoms with van der Waals surface area (Å²) in [6, 6.07) is 21.6. The lowest BCUT2D eigenvalue weighted by Gasteiger charge is -2.41. The molecule has 1 aliphatic heterocycles. The zero-order chi connectivity index (χ0) is 25.6. The number of carbonyl (C=O) groups excluding carboxylic acids is 1. The van der Waals surface area contributed by atoms with Gasteiger partial charge in [0.05, 0.1) is 10.5 Å². The van der Waals surface area contributed by atoms with Crippen LogP contribution in [0.5, 0.6) is 17.2 Å². The van der Waals surface area contributed by atoms with Crippen LogP contribution in [0.1, 0.15) is 32.6 Å². The second-order valence-electron chi connectivity index (χ2n) is 8.44. The average molecular weight is 503 g/mol. The molecule has 36 heavy (non-hydrogen) atoms. The molecule has 1 atom stereocenters. The Hall–Kier alpha value is -4.56. The summed E-state index contributed by atoms with van der Waals surface area (Å²) < 4.78 is 0. The number of phenolic OH excluding ortho intramolecular Hbond substituents is 3. The van der Waals surface area contributed by atoms with Gasteiger partial charge in [-0.15, -0.1) is 0 Å². The monoisotopic (exact) mass is 502 g/mol. The second kappa shape index (κ2) is 8.58. The van der Waals surface area contributed by atoms with Gasteiger partial charge in [0.2, 0.25) is 0 Å². The maximum absolute atomic E-state index is 13.9. The number of nitro benzene ring substituents is 1. The van der Waals surface area contributed by atoms with Crippen LogP contribution >= 0.6 is 11.6 Å². The molecule has 0 saturated heterocycles. The topological polar surface area (TPSA) is 124 Å². The number of halogens is 1. The van der Waals surface area contributed by atoms with E-state index in [1.807, 2.05) is 0 Å². The summed E-state index contributed by atoms with van der Waals surface area (Å²) in [7, 11) is 0. The van der Waals surface area contributed by atoms with E-state index in [4.69, 9.17) is 11.6 Å². The number of phenols is 3. The van der Waals surface area contributed by atoms with Gasteiger partial charge in [-0.25, -0.2) is 0 Å². The molecule has 5 rings (SSSR count). The fourth-order valence-corrected chi connectivity index (χ4v) is 5.03. The van der Waals surface area contributed by atoms with Crippen molar-refractivity contribution in [1.29, 1.82) is 0 Å². The number of hydrogen-bond donors (Lipinski definition) is 3. The number of nitrogens with zero attached hydrogens (tertiary/aromatic N) is 2. The van der Waals surface area contributed by atoms with Gasteiger partial charge in [-0.05, 0) is 34.9 Å². The highest BCUT2D eigenvalue weighted by Crippen LogP contribution is 2.55. The van der Waals surface area contributed by atoms with E-state index in [0.29, 0.717) is 27.3 Å². The van der Waals surface area contributed by atoms with Crippen molar-refractivity contribution in [3.63, 3.8) is 0 Å². The third kappa shape index (κ3) is 3.50. The van der Waals surface area contributed by atoms with Gasteiger partial charge < -0.3 is 20.2 Å². The van der Waals surface area contributed by atoms with Crippen molar-refractivity contribution in [1.82, 2.24) is 4.90 Å². The number of aromatic hydroxyl groups is 3. The van der Waals surface area contributed by atoms with Crippen LogP contribution in [-0.4, -0.2) is 31.0 Å². The quantitative estimate of drug-likeness (QED) is 0.251. The molecule has 1 unspecified atom stereocenters. The van der Waals surface area contributed by atoms with Gasteiger partial charge in [-0.1, -0.05) is 54.1 Å². The Morgan fingerprint density at radius 2 is 1.50 bits per heavy atom. The molecule has 1 aliphatic rings. The number of amides is 1. The highest BCUT2D eigenvalue weighted by atomic mass is 35.5. The molecule has 0 spiro atoms. The van der Waals surface area contributed by atoms with Crippen molar-refractivity contribution in [3.8, 4) is 17.2 Å². The van der Waals surface area contributed by atoms with E-state index in [2.05, 4.69) is 0 Å². The predicted molar refractivity (Wildman–Crippen MR) is 132 cm³/mol. The maximum atomic E-state index is 13.9. The minimum absolute atomic E-state index is 0.00262. The molecule has 180 valence electrons. The van der Waals surface area contributed by atoms with E-state index in [1.165, 1.54) is 17.0 Å². The van der Waals surface area contributed by atoms with E-state index in [0.717, 1.165) is 12.1 Å². The SMILES string of the molecule is O=C1c2ccccc2C(c2ccc(Cl)cc2)(c2c(O)cc(O)cc2O)N1Cc1ccc([N+](=O)[O-])cc1. The molecular weight excluding hydrogens is 484 g/mol. The minimum Gasteiger partial charge on any atom is -0.508 e. The van der Waals surface area contributed by atoms with Gasteiger partial charge in [-0.3, -0.25) is 14.9 Å². The van der Waals surface area contributed by atoms with Crippen molar-refractivity contribution in [2.45, 2.75) is 12.1 Å². The summed E-state index contributed by atoms with van der Waals surface area (Å²) in [4.78, 5) is 26.0. The fraction of sp³-hybridized carbons (Fsp3) is 0.0741. The molecule has 4 aromatic carbocycles. The van der Waals surface area contributed by atoms with Gasteiger partial charge in [0.15, 0.2) is 0 Å². The van der Waals surface area contributed by atoms with Crippen LogP contribution in [0.4, 0.5) is 5.69 Å². The molecule has 0 saturated carbocycles. The molecular formula is C27H19ClN2O6. The summed E-state index contributed by atoms with van der Waals surface area (Å²) in [5.41, 5.74) is 0.399. The standard InChI is InChI=1S/C27H19ClN2O6/c28-18-9-7-17(8-10-18)27(25-23(32)13-20(31)14-24(25)33)22-4-2-1-3-21(22)26(34)29(27)15-16-5-11-19(12-6-16)30(35)36/h1-14,31-33H,15H2. The second-order valence-corrected chi connectivity index (χ2v) is 8.87. The lowest BCUT2D eigenvalue weighted by molar-refractivity contribution is -0.384. The van der Waals surface area contributed by atoms with Crippen LogP contribution in [0.25, 0.3) is 0 Å². The molecule has 0 fully saturated rings. The van der Waals surface area contributed by atoms with Crippen molar-refractivity contribution in [2.75, 3.05) is 0 Å². The van der Waals surface area contributed by atoms with Crippen LogP contribution in [0.15, 0.2) is 84.9 Å². The van der Waals surface area contributed by atoms with Crippen LogP contribution in [0.3, 0.4) is 0 Å². The normalized spacial score (nSPS) is 16.7. The molecule has 0 bridgehead atoms. The zero-order valence-electron chi connectivity index (χ0n) is 18.6. The van der Waals surface area contributed by atoms with E-state index in [1.54, 1.807) is 60.7 Å². The third-order valence-electron chi connectivity index (χ3n) is 6.39. The molecule has 0 radical (unpaired) electrons. The summed E-state index contributed by atoms with van der Waals surface area (Å²) in [5, 5.41) is 43.7. The number of fused-ring (bicyclic) bond motifs is 1. The lowest BCUT2D eigenvalue weighted by atomic mass is 9.76. The Balaban J connectivity index is 1.82. The first-order valence-electron chi connectivity index (χ1n) is 10.9. The molecule has 0 aromatic heterocycles. The van der Waals surface area contributed by atoms with Gasteiger partial charge in [-0.2, -0.15) is 0 Å². The number of nitro groups is 1. The van der Waals surface area contributed by atoms with Crippen LogP contribution in [0, 0.1) is 10.1 Å². The number of benzene rings is 4.